The molecule has 0 aromatic rings. The van der Waals surface area contributed by atoms with Crippen molar-refractivity contribution in [3.8, 4) is 0 Å². The zero-order valence-electron chi connectivity index (χ0n) is 9.17. The summed E-state index contributed by atoms with van der Waals surface area (Å²) in [6.07, 6.45) is 9.53. The predicted octanol–water partition coefficient (Wildman–Crippen LogP) is 2.50. The van der Waals surface area contributed by atoms with Gasteiger partial charge in [-0.15, -0.1) is 0 Å². The minimum atomic E-state index is -0.342. The second-order valence-corrected chi connectivity index (χ2v) is 5.02. The average molecular weight is 198 g/mol. The molecule has 2 aliphatic rings. The highest BCUT2D eigenvalue weighted by Crippen LogP contribution is 2.42. The fraction of sp³-hybridized carbons (Fsp3) is 1.00. The molecule has 0 spiro atoms. The van der Waals surface area contributed by atoms with E-state index in [2.05, 4.69) is 0 Å². The fourth-order valence-corrected chi connectivity index (χ4v) is 3.20. The van der Waals surface area contributed by atoms with Crippen LogP contribution in [0, 0.1) is 5.92 Å². The van der Waals surface area contributed by atoms with Crippen LogP contribution in [0.25, 0.3) is 0 Å². The van der Waals surface area contributed by atoms with Crippen LogP contribution in [-0.4, -0.2) is 23.9 Å². The van der Waals surface area contributed by atoms with Crippen molar-refractivity contribution in [2.24, 2.45) is 5.92 Å². The topological polar surface area (TPSA) is 29.5 Å². The van der Waals surface area contributed by atoms with Crippen LogP contribution in [-0.2, 0) is 4.74 Å². The first kappa shape index (κ1) is 10.4. The first-order chi connectivity index (χ1) is 6.74. The summed E-state index contributed by atoms with van der Waals surface area (Å²) in [6.45, 7) is 0. The smallest absolute Gasteiger partial charge is 0.0677 e. The molecule has 82 valence electrons. The number of ether oxygens (including phenoxy) is 1. The quantitative estimate of drug-likeness (QED) is 0.738. The Morgan fingerprint density at radius 1 is 1.07 bits per heavy atom. The van der Waals surface area contributed by atoms with Gasteiger partial charge in [0.1, 0.15) is 0 Å². The molecular weight excluding hydrogens is 176 g/mol. The largest absolute Gasteiger partial charge is 0.390 e. The zero-order valence-corrected chi connectivity index (χ0v) is 9.17. The molecule has 1 N–H and O–H groups in total. The molecule has 0 unspecified atom stereocenters. The van der Waals surface area contributed by atoms with Gasteiger partial charge in [-0.3, -0.25) is 0 Å². The van der Waals surface area contributed by atoms with Crippen molar-refractivity contribution in [3.63, 3.8) is 0 Å². The third kappa shape index (κ3) is 1.96. The van der Waals surface area contributed by atoms with Crippen molar-refractivity contribution in [2.45, 2.75) is 63.1 Å². The lowest BCUT2D eigenvalue weighted by Gasteiger charge is -2.39. The maximum Gasteiger partial charge on any atom is 0.0677 e. The molecule has 2 aliphatic carbocycles. The Morgan fingerprint density at radius 2 is 1.64 bits per heavy atom. The van der Waals surface area contributed by atoms with Crippen LogP contribution in [0.3, 0.4) is 0 Å². The zero-order chi connectivity index (χ0) is 10.0. The van der Waals surface area contributed by atoms with E-state index in [0.717, 1.165) is 25.7 Å². The van der Waals surface area contributed by atoms with E-state index in [1.807, 2.05) is 0 Å². The molecule has 0 atom stereocenters. The molecular formula is C12H22O2. The lowest BCUT2D eigenvalue weighted by molar-refractivity contribution is -0.0789. The highest BCUT2D eigenvalue weighted by Gasteiger charge is 2.40. The summed E-state index contributed by atoms with van der Waals surface area (Å²) >= 11 is 0. The maximum absolute atomic E-state index is 10.5. The second-order valence-electron chi connectivity index (χ2n) is 5.02. The molecule has 14 heavy (non-hydrogen) atoms. The van der Waals surface area contributed by atoms with Gasteiger partial charge in [-0.25, -0.2) is 0 Å². The van der Waals surface area contributed by atoms with Gasteiger partial charge in [0.05, 0.1) is 11.7 Å². The number of rotatable bonds is 2. The van der Waals surface area contributed by atoms with Crippen molar-refractivity contribution in [1.29, 1.82) is 0 Å². The molecule has 0 amide bonds. The molecule has 0 aromatic heterocycles. The molecule has 2 saturated carbocycles. The summed E-state index contributed by atoms with van der Waals surface area (Å²) in [5.41, 5.74) is -0.342. The number of hydrogen-bond acceptors (Lipinski definition) is 2. The Morgan fingerprint density at radius 3 is 2.14 bits per heavy atom. The first-order valence-electron chi connectivity index (χ1n) is 6.00. The minimum absolute atomic E-state index is 0.342. The standard InChI is InChI=1S/C12H22O2/c1-14-11-6-8-12(13,9-7-11)10-4-2-3-5-10/h10-11,13H,2-9H2,1H3. The first-order valence-corrected chi connectivity index (χ1v) is 6.00. The van der Waals surface area contributed by atoms with Crippen molar-refractivity contribution >= 4 is 0 Å². The third-order valence-corrected chi connectivity index (χ3v) is 4.25. The van der Waals surface area contributed by atoms with Crippen LogP contribution in [0.2, 0.25) is 0 Å². The normalized spacial score (nSPS) is 40.3. The molecule has 0 saturated heterocycles. The van der Waals surface area contributed by atoms with E-state index in [1.165, 1.54) is 25.7 Å². The molecule has 0 aromatic carbocycles. The van der Waals surface area contributed by atoms with E-state index in [-0.39, 0.29) is 5.60 Å². The van der Waals surface area contributed by atoms with E-state index in [4.69, 9.17) is 4.74 Å². The van der Waals surface area contributed by atoms with Crippen LogP contribution in [0.5, 0.6) is 0 Å². The lowest BCUT2D eigenvalue weighted by Crippen LogP contribution is -2.42. The summed E-state index contributed by atoms with van der Waals surface area (Å²) in [7, 11) is 1.78. The number of hydrogen-bond donors (Lipinski definition) is 1. The van der Waals surface area contributed by atoms with Gasteiger partial charge in [-0.2, -0.15) is 0 Å². The second kappa shape index (κ2) is 4.19. The van der Waals surface area contributed by atoms with Gasteiger partial charge < -0.3 is 9.84 Å². The van der Waals surface area contributed by atoms with Gasteiger partial charge in [0.2, 0.25) is 0 Å². The summed E-state index contributed by atoms with van der Waals surface area (Å²) in [6, 6.07) is 0. The predicted molar refractivity (Wildman–Crippen MR) is 56.2 cm³/mol. The average Bonchev–Trinajstić information content (AvgIpc) is 2.72. The van der Waals surface area contributed by atoms with E-state index in [0.29, 0.717) is 12.0 Å². The Hall–Kier alpha value is -0.0800. The Bertz CT molecular complexity index is 177. The summed E-state index contributed by atoms with van der Waals surface area (Å²) in [4.78, 5) is 0. The highest BCUT2D eigenvalue weighted by atomic mass is 16.5. The lowest BCUT2D eigenvalue weighted by atomic mass is 9.74. The van der Waals surface area contributed by atoms with Crippen molar-refractivity contribution in [2.75, 3.05) is 7.11 Å². The molecule has 2 heteroatoms. The molecule has 0 heterocycles. The Balaban J connectivity index is 1.90. The Labute approximate surface area is 86.6 Å². The van der Waals surface area contributed by atoms with E-state index in [1.54, 1.807) is 7.11 Å². The van der Waals surface area contributed by atoms with Crippen LogP contribution in [0.15, 0.2) is 0 Å². The van der Waals surface area contributed by atoms with E-state index in [9.17, 15) is 5.11 Å². The van der Waals surface area contributed by atoms with Crippen molar-refractivity contribution in [3.05, 3.63) is 0 Å². The molecule has 2 fully saturated rings. The van der Waals surface area contributed by atoms with E-state index >= 15 is 0 Å². The van der Waals surface area contributed by atoms with Crippen LogP contribution >= 0.6 is 0 Å². The third-order valence-electron chi connectivity index (χ3n) is 4.25. The van der Waals surface area contributed by atoms with Crippen LogP contribution in [0.1, 0.15) is 51.4 Å². The van der Waals surface area contributed by atoms with Gasteiger partial charge in [0, 0.05) is 7.11 Å². The van der Waals surface area contributed by atoms with Crippen molar-refractivity contribution < 1.29 is 9.84 Å². The summed E-state index contributed by atoms with van der Waals surface area (Å²) in [5.74, 6) is 0.584. The fourth-order valence-electron chi connectivity index (χ4n) is 3.20. The number of methoxy groups -OCH3 is 1. The maximum atomic E-state index is 10.5. The van der Waals surface area contributed by atoms with Gasteiger partial charge >= 0.3 is 0 Å². The monoisotopic (exact) mass is 198 g/mol. The van der Waals surface area contributed by atoms with Crippen LogP contribution in [0.4, 0.5) is 0 Å². The molecule has 0 bridgehead atoms. The minimum Gasteiger partial charge on any atom is -0.390 e. The number of aliphatic hydroxyl groups is 1. The van der Waals surface area contributed by atoms with Gasteiger partial charge in [0.15, 0.2) is 0 Å². The molecule has 0 aliphatic heterocycles. The molecule has 2 nitrogen and oxygen atoms in total. The SMILES string of the molecule is COC1CCC(O)(C2CCCC2)CC1. The summed E-state index contributed by atoms with van der Waals surface area (Å²) < 4.78 is 5.34. The van der Waals surface area contributed by atoms with Gasteiger partial charge in [0.25, 0.3) is 0 Å². The summed E-state index contributed by atoms with van der Waals surface area (Å²) in [5, 5.41) is 10.5. The molecule has 2 rings (SSSR count). The molecule has 0 radical (unpaired) electrons. The van der Waals surface area contributed by atoms with Crippen LogP contribution < -0.4 is 0 Å². The highest BCUT2D eigenvalue weighted by molar-refractivity contribution is 4.93. The Kier molecular flexibility index (Phi) is 3.13. The van der Waals surface area contributed by atoms with Crippen molar-refractivity contribution in [1.82, 2.24) is 0 Å². The van der Waals surface area contributed by atoms with E-state index < -0.39 is 0 Å². The van der Waals surface area contributed by atoms with Gasteiger partial charge in [-0.05, 0) is 44.4 Å². The van der Waals surface area contributed by atoms with Gasteiger partial charge in [-0.1, -0.05) is 12.8 Å².